The summed E-state index contributed by atoms with van der Waals surface area (Å²) >= 11 is 8.86. The minimum Gasteiger partial charge on any atom is -0.453 e. The van der Waals surface area contributed by atoms with Crippen molar-refractivity contribution in [2.45, 2.75) is 22.3 Å². The Hall–Kier alpha value is -2.26. The minimum absolute atomic E-state index is 0.205. The quantitative estimate of drug-likeness (QED) is 0.442. The lowest BCUT2D eigenvalue weighted by molar-refractivity contribution is 0.478. The number of pyridine rings is 1. The van der Waals surface area contributed by atoms with E-state index in [9.17, 15) is 0 Å². The number of anilines is 1. The first-order valence-corrected chi connectivity index (χ1v) is 10.5. The molecule has 1 aromatic carbocycles. The fourth-order valence-corrected chi connectivity index (χ4v) is 4.43. The molecule has 1 unspecified atom stereocenters. The van der Waals surface area contributed by atoms with Crippen LogP contribution in [0.25, 0.3) is 0 Å². The SMILES string of the molecule is CC1=CSC(N)N1c1ncc(Sc2ccnc(Cl)n2)cc1Oc1ccccc1. The molecule has 0 bridgehead atoms. The van der Waals surface area contributed by atoms with Crippen molar-refractivity contribution in [1.29, 1.82) is 0 Å². The second-order valence-corrected chi connectivity index (χ2v) is 8.25. The number of thioether (sulfide) groups is 1. The number of nitrogens with zero attached hydrogens (tertiary/aromatic N) is 4. The summed E-state index contributed by atoms with van der Waals surface area (Å²) in [6.45, 7) is 2.00. The maximum absolute atomic E-state index is 6.25. The number of hydrogen-bond acceptors (Lipinski definition) is 8. The van der Waals surface area contributed by atoms with E-state index < -0.39 is 0 Å². The Labute approximate surface area is 176 Å². The van der Waals surface area contributed by atoms with Gasteiger partial charge in [0.05, 0.1) is 0 Å². The van der Waals surface area contributed by atoms with E-state index in [1.807, 2.05) is 53.6 Å². The molecule has 0 amide bonds. The van der Waals surface area contributed by atoms with Crippen molar-refractivity contribution < 1.29 is 4.74 Å². The van der Waals surface area contributed by atoms with Gasteiger partial charge >= 0.3 is 0 Å². The number of para-hydroxylation sites is 1. The van der Waals surface area contributed by atoms with Gasteiger partial charge in [-0.15, -0.1) is 0 Å². The third-order valence-electron chi connectivity index (χ3n) is 3.84. The number of allylic oxidation sites excluding steroid dienone is 1. The molecule has 3 aromatic rings. The van der Waals surface area contributed by atoms with E-state index in [4.69, 9.17) is 22.1 Å². The molecule has 1 atom stereocenters. The molecule has 0 aliphatic carbocycles. The molecule has 0 spiro atoms. The lowest BCUT2D eigenvalue weighted by Gasteiger charge is -2.26. The van der Waals surface area contributed by atoms with Gasteiger partial charge < -0.3 is 15.4 Å². The Bertz CT molecular complexity index is 1020. The second kappa shape index (κ2) is 8.40. The van der Waals surface area contributed by atoms with Crippen molar-refractivity contribution in [3.05, 3.63) is 71.2 Å². The zero-order chi connectivity index (χ0) is 19.5. The first-order chi connectivity index (χ1) is 13.6. The normalized spacial score (nSPS) is 16.2. The molecule has 9 heteroatoms. The van der Waals surface area contributed by atoms with E-state index in [1.54, 1.807) is 30.2 Å². The molecular weight excluding hydrogens is 414 g/mol. The van der Waals surface area contributed by atoms with E-state index in [0.717, 1.165) is 21.4 Å². The summed E-state index contributed by atoms with van der Waals surface area (Å²) in [4.78, 5) is 15.6. The van der Waals surface area contributed by atoms with E-state index in [2.05, 4.69) is 15.0 Å². The van der Waals surface area contributed by atoms with Crippen molar-refractivity contribution in [2.24, 2.45) is 5.73 Å². The highest BCUT2D eigenvalue weighted by Gasteiger charge is 2.27. The van der Waals surface area contributed by atoms with Crippen LogP contribution in [0.3, 0.4) is 0 Å². The summed E-state index contributed by atoms with van der Waals surface area (Å²) in [5.74, 6) is 2.00. The van der Waals surface area contributed by atoms with Crippen molar-refractivity contribution in [3.63, 3.8) is 0 Å². The molecule has 0 fully saturated rings. The summed E-state index contributed by atoms with van der Waals surface area (Å²) in [5.41, 5.74) is 7.02. The molecule has 2 aromatic heterocycles. The third-order valence-corrected chi connectivity index (χ3v) is 5.89. The maximum atomic E-state index is 6.25. The highest BCUT2D eigenvalue weighted by Crippen LogP contribution is 2.41. The number of aromatic nitrogens is 3. The van der Waals surface area contributed by atoms with Gasteiger partial charge in [-0.2, -0.15) is 0 Å². The van der Waals surface area contributed by atoms with E-state index in [-0.39, 0.29) is 10.8 Å². The Morgan fingerprint density at radius 3 is 2.75 bits per heavy atom. The molecule has 1 aliphatic heterocycles. The summed E-state index contributed by atoms with van der Waals surface area (Å²) in [7, 11) is 0. The van der Waals surface area contributed by atoms with Crippen LogP contribution in [0.4, 0.5) is 5.82 Å². The summed E-state index contributed by atoms with van der Waals surface area (Å²) < 4.78 is 6.15. The average Bonchev–Trinajstić information content (AvgIpc) is 3.01. The van der Waals surface area contributed by atoms with Gasteiger partial charge in [-0.05, 0) is 42.1 Å². The first kappa shape index (κ1) is 19.1. The number of nitrogens with two attached hydrogens (primary N) is 1. The van der Waals surface area contributed by atoms with E-state index in [0.29, 0.717) is 11.6 Å². The zero-order valence-corrected chi connectivity index (χ0v) is 17.2. The summed E-state index contributed by atoms with van der Waals surface area (Å²) in [5, 5.41) is 2.95. The molecule has 4 rings (SSSR count). The Balaban J connectivity index is 1.70. The number of rotatable bonds is 5. The highest BCUT2D eigenvalue weighted by molar-refractivity contribution is 8.03. The van der Waals surface area contributed by atoms with E-state index >= 15 is 0 Å². The van der Waals surface area contributed by atoms with Crippen LogP contribution in [0.15, 0.2) is 75.9 Å². The van der Waals surface area contributed by atoms with Gasteiger partial charge in [0.25, 0.3) is 0 Å². The van der Waals surface area contributed by atoms with Gasteiger partial charge in [-0.25, -0.2) is 15.0 Å². The van der Waals surface area contributed by atoms with Crippen LogP contribution >= 0.6 is 35.1 Å². The Morgan fingerprint density at radius 2 is 2.04 bits per heavy atom. The second-order valence-electron chi connectivity index (χ2n) is 5.83. The van der Waals surface area contributed by atoms with Crippen LogP contribution in [-0.2, 0) is 0 Å². The molecule has 28 heavy (non-hydrogen) atoms. The van der Waals surface area contributed by atoms with Crippen LogP contribution in [-0.4, -0.2) is 20.4 Å². The van der Waals surface area contributed by atoms with Gasteiger partial charge in [0.15, 0.2) is 11.6 Å². The Morgan fingerprint density at radius 1 is 1.21 bits per heavy atom. The number of ether oxygens (including phenoxy) is 1. The van der Waals surface area contributed by atoms with Gasteiger partial charge in [-0.1, -0.05) is 41.7 Å². The third kappa shape index (κ3) is 4.25. The molecule has 6 nitrogen and oxygen atoms in total. The van der Waals surface area contributed by atoms with Crippen LogP contribution in [0.5, 0.6) is 11.5 Å². The first-order valence-electron chi connectivity index (χ1n) is 8.36. The largest absolute Gasteiger partial charge is 0.453 e. The van der Waals surface area contributed by atoms with Gasteiger partial charge in [0.2, 0.25) is 5.28 Å². The predicted octanol–water partition coefficient (Wildman–Crippen LogP) is 5.13. The fraction of sp³-hybridized carbons (Fsp3) is 0.105. The minimum atomic E-state index is -0.246. The van der Waals surface area contributed by atoms with Crippen molar-refractivity contribution >= 4 is 40.9 Å². The lowest BCUT2D eigenvalue weighted by atomic mass is 10.3. The molecule has 0 saturated heterocycles. The van der Waals surface area contributed by atoms with E-state index in [1.165, 1.54) is 11.8 Å². The number of hydrogen-bond donors (Lipinski definition) is 1. The molecule has 0 saturated carbocycles. The van der Waals surface area contributed by atoms with Crippen LogP contribution in [0.2, 0.25) is 5.28 Å². The molecule has 142 valence electrons. The van der Waals surface area contributed by atoms with Gasteiger partial charge in [-0.3, -0.25) is 0 Å². The predicted molar refractivity (Wildman–Crippen MR) is 114 cm³/mol. The number of halogens is 1. The summed E-state index contributed by atoms with van der Waals surface area (Å²) in [6.07, 6.45) is 3.40. The molecule has 2 N–H and O–H groups in total. The molecular formula is C19H16ClN5OS2. The lowest BCUT2D eigenvalue weighted by Crippen LogP contribution is -2.35. The smallest absolute Gasteiger partial charge is 0.223 e. The average molecular weight is 430 g/mol. The maximum Gasteiger partial charge on any atom is 0.223 e. The van der Waals surface area contributed by atoms with Crippen LogP contribution < -0.4 is 15.4 Å². The van der Waals surface area contributed by atoms with Crippen molar-refractivity contribution in [3.8, 4) is 11.5 Å². The van der Waals surface area contributed by atoms with Gasteiger partial charge in [0, 0.05) is 29.1 Å². The molecule has 1 aliphatic rings. The van der Waals surface area contributed by atoms with Crippen molar-refractivity contribution in [2.75, 3.05) is 4.90 Å². The monoisotopic (exact) mass is 429 g/mol. The fourth-order valence-electron chi connectivity index (χ4n) is 2.62. The van der Waals surface area contributed by atoms with Crippen LogP contribution in [0.1, 0.15) is 6.92 Å². The molecule has 0 radical (unpaired) electrons. The summed E-state index contributed by atoms with van der Waals surface area (Å²) in [6, 6.07) is 13.3. The Kier molecular flexibility index (Phi) is 5.72. The topological polar surface area (TPSA) is 77.2 Å². The van der Waals surface area contributed by atoms with Crippen LogP contribution in [0, 0.1) is 0 Å². The highest BCUT2D eigenvalue weighted by atomic mass is 35.5. The zero-order valence-electron chi connectivity index (χ0n) is 14.8. The number of benzene rings is 1. The molecule has 3 heterocycles. The standard InChI is InChI=1S/C19H16ClN5OS2/c1-12-11-27-19(21)25(12)17-15(26-13-5-3-2-4-6-13)9-14(10-23-17)28-16-7-8-22-18(20)24-16/h2-11,19H,21H2,1H3. The van der Waals surface area contributed by atoms with Crippen molar-refractivity contribution in [1.82, 2.24) is 15.0 Å². The van der Waals surface area contributed by atoms with Gasteiger partial charge in [0.1, 0.15) is 16.3 Å².